The summed E-state index contributed by atoms with van der Waals surface area (Å²) in [4.78, 5) is 11.6. The number of ketones is 1. The molecule has 1 aliphatic rings. The Kier molecular flexibility index (Phi) is 4.15. The Hall–Kier alpha value is -1.02. The highest BCUT2D eigenvalue weighted by Gasteiger charge is 2.19. The van der Waals surface area contributed by atoms with Crippen LogP contribution in [0.1, 0.15) is 35.7 Å². The van der Waals surface area contributed by atoms with E-state index in [2.05, 4.69) is 0 Å². The summed E-state index contributed by atoms with van der Waals surface area (Å²) in [6.07, 6.45) is 2.61. The molecule has 2 nitrogen and oxygen atoms in total. The molecule has 0 radical (unpaired) electrons. The average molecular weight is 227 g/mol. The minimum Gasteiger partial charge on any atom is -0.494 e. The van der Waals surface area contributed by atoms with Crippen molar-refractivity contribution in [2.24, 2.45) is 0 Å². The van der Waals surface area contributed by atoms with Crippen LogP contribution in [0.3, 0.4) is 0 Å². The van der Waals surface area contributed by atoms with Crippen LogP contribution in [0.4, 0.5) is 0 Å². The van der Waals surface area contributed by atoms with E-state index in [0.717, 1.165) is 29.7 Å². The van der Waals surface area contributed by atoms with Gasteiger partial charge in [0.05, 0.1) is 6.61 Å². The molecule has 1 aromatic rings. The lowest BCUT2D eigenvalue weighted by molar-refractivity contribution is 0.0971. The van der Waals surface area contributed by atoms with Crippen LogP contribution in [0.15, 0.2) is 18.2 Å². The SMILES string of the molecule is CCOc1cccc2c1CCCC2=O.Cl. The first kappa shape index (κ1) is 12.1. The lowest BCUT2D eigenvalue weighted by Crippen LogP contribution is -2.12. The van der Waals surface area contributed by atoms with Crippen molar-refractivity contribution in [2.75, 3.05) is 6.61 Å². The Morgan fingerprint density at radius 1 is 1.33 bits per heavy atom. The van der Waals surface area contributed by atoms with Gasteiger partial charge in [0.1, 0.15) is 5.75 Å². The number of Topliss-reactive ketones (excluding diaryl/α,β-unsaturated/α-hetero) is 1. The lowest BCUT2D eigenvalue weighted by atomic mass is 9.90. The summed E-state index contributed by atoms with van der Waals surface area (Å²) in [7, 11) is 0. The molecular formula is C12H15ClO2. The number of fused-ring (bicyclic) bond motifs is 1. The number of hydrogen-bond acceptors (Lipinski definition) is 2. The summed E-state index contributed by atoms with van der Waals surface area (Å²) in [5.74, 6) is 1.14. The van der Waals surface area contributed by atoms with Gasteiger partial charge in [-0.15, -0.1) is 12.4 Å². The van der Waals surface area contributed by atoms with Gasteiger partial charge in [-0.1, -0.05) is 12.1 Å². The summed E-state index contributed by atoms with van der Waals surface area (Å²) >= 11 is 0. The minimum absolute atomic E-state index is 0. The maximum absolute atomic E-state index is 11.6. The molecule has 0 bridgehead atoms. The van der Waals surface area contributed by atoms with Crippen LogP contribution in [-0.4, -0.2) is 12.4 Å². The molecule has 1 aromatic carbocycles. The Morgan fingerprint density at radius 2 is 2.13 bits per heavy atom. The van der Waals surface area contributed by atoms with E-state index in [9.17, 15) is 4.79 Å². The molecule has 0 atom stereocenters. The Bertz CT molecular complexity index is 361. The van der Waals surface area contributed by atoms with Crippen LogP contribution in [0.5, 0.6) is 5.75 Å². The summed E-state index contributed by atoms with van der Waals surface area (Å²) < 4.78 is 5.50. The predicted octanol–water partition coefficient (Wildman–Crippen LogP) is 3.03. The number of hydrogen-bond donors (Lipinski definition) is 0. The molecule has 0 fully saturated rings. The van der Waals surface area contributed by atoms with E-state index in [0.29, 0.717) is 13.0 Å². The summed E-state index contributed by atoms with van der Waals surface area (Å²) in [5, 5.41) is 0. The maximum Gasteiger partial charge on any atom is 0.163 e. The Balaban J connectivity index is 0.00000112. The molecule has 3 heteroatoms. The summed E-state index contributed by atoms with van der Waals surface area (Å²) in [5.41, 5.74) is 1.97. The van der Waals surface area contributed by atoms with Gasteiger partial charge in [0.15, 0.2) is 5.78 Å². The molecule has 0 saturated heterocycles. The molecule has 0 amide bonds. The predicted molar refractivity (Wildman–Crippen MR) is 62.1 cm³/mol. The van der Waals surface area contributed by atoms with E-state index < -0.39 is 0 Å². The lowest BCUT2D eigenvalue weighted by Gasteiger charge is -2.17. The highest BCUT2D eigenvalue weighted by atomic mass is 35.5. The number of halogens is 1. The van der Waals surface area contributed by atoms with Crippen LogP contribution < -0.4 is 4.74 Å². The van der Waals surface area contributed by atoms with Crippen molar-refractivity contribution in [3.8, 4) is 5.75 Å². The highest BCUT2D eigenvalue weighted by molar-refractivity contribution is 5.99. The van der Waals surface area contributed by atoms with Crippen LogP contribution in [0.2, 0.25) is 0 Å². The first-order chi connectivity index (χ1) is 6.83. The second kappa shape index (κ2) is 5.17. The molecule has 0 N–H and O–H groups in total. The van der Waals surface area contributed by atoms with Crippen LogP contribution in [0.25, 0.3) is 0 Å². The molecule has 2 rings (SSSR count). The fraction of sp³-hybridized carbons (Fsp3) is 0.417. The van der Waals surface area contributed by atoms with Crippen molar-refractivity contribution >= 4 is 18.2 Å². The third-order valence-electron chi connectivity index (χ3n) is 2.56. The maximum atomic E-state index is 11.6. The van der Waals surface area contributed by atoms with Crippen molar-refractivity contribution < 1.29 is 9.53 Å². The molecule has 0 unspecified atom stereocenters. The quantitative estimate of drug-likeness (QED) is 0.775. The molecule has 0 spiro atoms. The highest BCUT2D eigenvalue weighted by Crippen LogP contribution is 2.29. The fourth-order valence-electron chi connectivity index (χ4n) is 1.94. The Morgan fingerprint density at radius 3 is 2.87 bits per heavy atom. The first-order valence-electron chi connectivity index (χ1n) is 5.11. The van der Waals surface area contributed by atoms with Crippen molar-refractivity contribution in [1.82, 2.24) is 0 Å². The van der Waals surface area contributed by atoms with E-state index >= 15 is 0 Å². The topological polar surface area (TPSA) is 26.3 Å². The smallest absolute Gasteiger partial charge is 0.163 e. The summed E-state index contributed by atoms with van der Waals surface area (Å²) in [6.45, 7) is 2.62. The average Bonchev–Trinajstić information content (AvgIpc) is 2.20. The van der Waals surface area contributed by atoms with Crippen LogP contribution in [-0.2, 0) is 6.42 Å². The second-order valence-electron chi connectivity index (χ2n) is 3.49. The second-order valence-corrected chi connectivity index (χ2v) is 3.49. The fourth-order valence-corrected chi connectivity index (χ4v) is 1.94. The normalized spacial score (nSPS) is 14.1. The van der Waals surface area contributed by atoms with Gasteiger partial charge in [-0.05, 0) is 25.8 Å². The number of rotatable bonds is 2. The standard InChI is InChI=1S/C12H14O2.ClH/c1-2-14-12-8-4-5-9-10(12)6-3-7-11(9)13;/h4-5,8H,2-3,6-7H2,1H3;1H. The van der Waals surface area contributed by atoms with Gasteiger partial charge in [-0.2, -0.15) is 0 Å². The molecule has 82 valence electrons. The number of ether oxygens (including phenoxy) is 1. The van der Waals surface area contributed by atoms with Crippen LogP contribution in [0, 0.1) is 0 Å². The minimum atomic E-state index is 0. The van der Waals surface area contributed by atoms with E-state index in [-0.39, 0.29) is 18.2 Å². The van der Waals surface area contributed by atoms with Gasteiger partial charge in [-0.25, -0.2) is 0 Å². The number of carbonyl (C=O) groups is 1. The molecule has 0 aliphatic heterocycles. The molecule has 0 aromatic heterocycles. The largest absolute Gasteiger partial charge is 0.494 e. The number of carbonyl (C=O) groups excluding carboxylic acids is 1. The van der Waals surface area contributed by atoms with Gasteiger partial charge < -0.3 is 4.74 Å². The number of benzene rings is 1. The molecule has 0 heterocycles. The van der Waals surface area contributed by atoms with Crippen molar-refractivity contribution in [3.63, 3.8) is 0 Å². The molecule has 0 saturated carbocycles. The van der Waals surface area contributed by atoms with Gasteiger partial charge in [0.25, 0.3) is 0 Å². The zero-order chi connectivity index (χ0) is 9.97. The van der Waals surface area contributed by atoms with Gasteiger partial charge >= 0.3 is 0 Å². The molecule has 15 heavy (non-hydrogen) atoms. The third kappa shape index (κ3) is 2.32. The van der Waals surface area contributed by atoms with E-state index in [4.69, 9.17) is 4.74 Å². The van der Waals surface area contributed by atoms with E-state index in [1.807, 2.05) is 25.1 Å². The van der Waals surface area contributed by atoms with Crippen molar-refractivity contribution in [3.05, 3.63) is 29.3 Å². The summed E-state index contributed by atoms with van der Waals surface area (Å²) in [6, 6.07) is 5.74. The van der Waals surface area contributed by atoms with E-state index in [1.165, 1.54) is 0 Å². The zero-order valence-electron chi connectivity index (χ0n) is 8.79. The van der Waals surface area contributed by atoms with Gasteiger partial charge in [-0.3, -0.25) is 4.79 Å². The van der Waals surface area contributed by atoms with Crippen LogP contribution >= 0.6 is 12.4 Å². The Labute approximate surface area is 96.0 Å². The van der Waals surface area contributed by atoms with Crippen molar-refractivity contribution in [2.45, 2.75) is 26.2 Å². The monoisotopic (exact) mass is 226 g/mol. The van der Waals surface area contributed by atoms with Gasteiger partial charge in [0, 0.05) is 17.5 Å². The molecule has 1 aliphatic carbocycles. The van der Waals surface area contributed by atoms with E-state index in [1.54, 1.807) is 0 Å². The zero-order valence-corrected chi connectivity index (χ0v) is 9.60. The molecular weight excluding hydrogens is 212 g/mol. The third-order valence-corrected chi connectivity index (χ3v) is 2.56. The first-order valence-corrected chi connectivity index (χ1v) is 5.11. The van der Waals surface area contributed by atoms with Gasteiger partial charge in [0.2, 0.25) is 0 Å². The van der Waals surface area contributed by atoms with Crippen molar-refractivity contribution in [1.29, 1.82) is 0 Å².